The van der Waals surface area contributed by atoms with Crippen LogP contribution in [0.1, 0.15) is 26.3 Å². The molecule has 5 rings (SSSR count). The second kappa shape index (κ2) is 12.4. The van der Waals surface area contributed by atoms with Crippen LogP contribution in [-0.2, 0) is 32.6 Å². The van der Waals surface area contributed by atoms with Gasteiger partial charge in [-0.3, -0.25) is 9.59 Å². The average Bonchev–Trinajstić information content (AvgIpc) is 3.39. The van der Waals surface area contributed by atoms with Gasteiger partial charge in [-0.25, -0.2) is 17.9 Å². The minimum absolute atomic E-state index is 0.0193. The Hall–Kier alpha value is -4.20. The maximum absolute atomic E-state index is 13.2. The fraction of sp³-hybridized carbons (Fsp3) is 0.333. The van der Waals surface area contributed by atoms with E-state index in [9.17, 15) is 22.8 Å². The number of alkyl carbamates (subject to hydrolysis) is 1. The molecule has 0 atom stereocenters. The van der Waals surface area contributed by atoms with E-state index in [4.69, 9.17) is 16.3 Å². The Morgan fingerprint density at radius 2 is 1.80 bits per heavy atom. The number of piperazine rings is 1. The minimum atomic E-state index is -3.90. The molecular formula is C30H33ClN6O6S. The van der Waals surface area contributed by atoms with Crippen molar-refractivity contribution in [2.75, 3.05) is 26.2 Å². The van der Waals surface area contributed by atoms with E-state index in [0.717, 1.165) is 11.1 Å². The Balaban J connectivity index is 1.18. The molecule has 12 nitrogen and oxygen atoms in total. The standard InChI is InChI=1S/C30H33ClN6O6S/c1-30(2,3)43-29(40)32-12-13-37-27(38)11-10-25(34-37)21-6-4-20(5-7-21)18-35-14-15-36(19-28(35)39)44(41,42)26-17-22-16-23(31)8-9-24(22)33-26/h4-11,16-17,33H,12-15,18-19H2,1-3H3,(H,32,40). The number of carbonyl (C=O) groups is 2. The third-order valence-electron chi connectivity index (χ3n) is 6.94. The van der Waals surface area contributed by atoms with Gasteiger partial charge in [-0.2, -0.15) is 9.40 Å². The summed E-state index contributed by atoms with van der Waals surface area (Å²) in [6.45, 7) is 6.11. The molecular weight excluding hydrogens is 608 g/mol. The van der Waals surface area contributed by atoms with E-state index < -0.39 is 21.7 Å². The Labute approximate surface area is 259 Å². The molecule has 0 bridgehead atoms. The number of nitrogens with zero attached hydrogens (tertiary/aromatic N) is 4. The van der Waals surface area contributed by atoms with E-state index >= 15 is 0 Å². The van der Waals surface area contributed by atoms with E-state index in [-0.39, 0.29) is 49.2 Å². The molecule has 2 amide bonds. The highest BCUT2D eigenvalue weighted by Gasteiger charge is 2.33. The third kappa shape index (κ3) is 7.29. The summed E-state index contributed by atoms with van der Waals surface area (Å²) in [6.07, 6.45) is -0.571. The molecule has 4 aromatic rings. The van der Waals surface area contributed by atoms with Crippen LogP contribution in [-0.4, -0.2) is 76.2 Å². The number of ether oxygens (including phenoxy) is 1. The lowest BCUT2D eigenvalue weighted by Gasteiger charge is -2.33. The molecule has 0 unspecified atom stereocenters. The number of carbonyl (C=O) groups excluding carboxylic acids is 2. The highest BCUT2D eigenvalue weighted by molar-refractivity contribution is 7.89. The molecule has 14 heteroatoms. The molecule has 1 aliphatic rings. The van der Waals surface area contributed by atoms with Crippen molar-refractivity contribution in [1.82, 2.24) is 29.3 Å². The topological polar surface area (TPSA) is 147 Å². The number of aromatic amines is 1. The molecule has 2 N–H and O–H groups in total. The van der Waals surface area contributed by atoms with Crippen LogP contribution in [0.5, 0.6) is 0 Å². The first-order valence-electron chi connectivity index (χ1n) is 14.0. The molecule has 1 saturated heterocycles. The summed E-state index contributed by atoms with van der Waals surface area (Å²) in [4.78, 5) is 41.7. The summed E-state index contributed by atoms with van der Waals surface area (Å²) in [5.41, 5.74) is 1.92. The predicted molar refractivity (Wildman–Crippen MR) is 166 cm³/mol. The molecule has 0 saturated carbocycles. The molecule has 0 spiro atoms. The van der Waals surface area contributed by atoms with Crippen LogP contribution in [0.2, 0.25) is 5.02 Å². The summed E-state index contributed by atoms with van der Waals surface area (Å²) in [6, 6.07) is 17.1. The van der Waals surface area contributed by atoms with Crippen molar-refractivity contribution >= 4 is 44.5 Å². The normalized spacial score (nSPS) is 14.6. The quantitative estimate of drug-likeness (QED) is 0.299. The Kier molecular flexibility index (Phi) is 8.82. The number of aromatic nitrogens is 3. The number of halogens is 1. The first-order chi connectivity index (χ1) is 20.8. The lowest BCUT2D eigenvalue weighted by Crippen LogP contribution is -2.51. The van der Waals surface area contributed by atoms with Crippen LogP contribution in [0, 0.1) is 0 Å². The molecule has 1 fully saturated rings. The molecule has 1 aliphatic heterocycles. The number of H-pyrrole nitrogens is 1. The summed E-state index contributed by atoms with van der Waals surface area (Å²) in [5, 5.41) is 8.23. The first-order valence-corrected chi connectivity index (χ1v) is 15.8. The second-order valence-electron chi connectivity index (χ2n) is 11.4. The predicted octanol–water partition coefficient (Wildman–Crippen LogP) is 3.60. The van der Waals surface area contributed by atoms with E-state index in [0.29, 0.717) is 28.2 Å². The molecule has 44 heavy (non-hydrogen) atoms. The van der Waals surface area contributed by atoms with E-state index in [1.807, 2.05) is 24.3 Å². The third-order valence-corrected chi connectivity index (χ3v) is 8.94. The van der Waals surface area contributed by atoms with Gasteiger partial charge < -0.3 is 19.9 Å². The van der Waals surface area contributed by atoms with Crippen molar-refractivity contribution in [3.05, 3.63) is 81.6 Å². The van der Waals surface area contributed by atoms with Gasteiger partial charge in [0.2, 0.25) is 5.91 Å². The van der Waals surface area contributed by atoms with Crippen LogP contribution in [0.4, 0.5) is 4.79 Å². The highest BCUT2D eigenvalue weighted by atomic mass is 35.5. The minimum Gasteiger partial charge on any atom is -0.444 e. The van der Waals surface area contributed by atoms with Crippen LogP contribution < -0.4 is 10.9 Å². The van der Waals surface area contributed by atoms with Crippen molar-refractivity contribution in [3.8, 4) is 11.3 Å². The number of amides is 2. The second-order valence-corrected chi connectivity index (χ2v) is 13.8. The van der Waals surface area contributed by atoms with Gasteiger partial charge in [0.15, 0.2) is 0 Å². The van der Waals surface area contributed by atoms with E-state index in [1.54, 1.807) is 49.9 Å². The zero-order chi connectivity index (χ0) is 31.6. The molecule has 0 radical (unpaired) electrons. The average molecular weight is 641 g/mol. The monoisotopic (exact) mass is 640 g/mol. The smallest absolute Gasteiger partial charge is 0.407 e. The van der Waals surface area contributed by atoms with Crippen molar-refractivity contribution in [2.45, 2.75) is 44.5 Å². The number of sulfonamides is 1. The Bertz CT molecular complexity index is 1860. The van der Waals surface area contributed by atoms with Gasteiger partial charge in [-0.15, -0.1) is 0 Å². The van der Waals surface area contributed by atoms with Crippen LogP contribution in [0.3, 0.4) is 0 Å². The van der Waals surface area contributed by atoms with Crippen molar-refractivity contribution in [3.63, 3.8) is 0 Å². The molecule has 232 valence electrons. The van der Waals surface area contributed by atoms with Gasteiger partial charge in [0.1, 0.15) is 10.6 Å². The summed E-state index contributed by atoms with van der Waals surface area (Å²) < 4.78 is 34.2. The maximum Gasteiger partial charge on any atom is 0.407 e. The van der Waals surface area contributed by atoms with Gasteiger partial charge in [0.05, 0.1) is 18.8 Å². The van der Waals surface area contributed by atoms with Crippen molar-refractivity contribution in [1.29, 1.82) is 0 Å². The van der Waals surface area contributed by atoms with Gasteiger partial charge in [0, 0.05) is 53.7 Å². The van der Waals surface area contributed by atoms with Gasteiger partial charge in [-0.05, 0) is 56.7 Å². The number of hydrogen-bond acceptors (Lipinski definition) is 7. The van der Waals surface area contributed by atoms with E-state index in [1.165, 1.54) is 21.1 Å². The summed E-state index contributed by atoms with van der Waals surface area (Å²) >= 11 is 6.03. The number of nitrogens with one attached hydrogen (secondary N) is 2. The number of fused-ring (bicyclic) bond motifs is 1. The van der Waals surface area contributed by atoms with Gasteiger partial charge in [-0.1, -0.05) is 35.9 Å². The fourth-order valence-electron chi connectivity index (χ4n) is 4.76. The maximum atomic E-state index is 13.2. The first kappa shape index (κ1) is 31.2. The molecule has 2 aromatic heterocycles. The summed E-state index contributed by atoms with van der Waals surface area (Å²) in [7, 11) is -3.90. The van der Waals surface area contributed by atoms with Gasteiger partial charge in [0.25, 0.3) is 15.6 Å². The van der Waals surface area contributed by atoms with Crippen molar-refractivity contribution in [2.24, 2.45) is 0 Å². The SMILES string of the molecule is CC(C)(C)OC(=O)NCCn1nc(-c2ccc(CN3CCN(S(=O)(=O)c4cc5cc(Cl)ccc5[nH]4)CC3=O)cc2)ccc1=O. The summed E-state index contributed by atoms with van der Waals surface area (Å²) in [5.74, 6) is -0.295. The van der Waals surface area contributed by atoms with Crippen LogP contribution in [0.15, 0.2) is 70.5 Å². The molecule has 0 aliphatic carbocycles. The highest BCUT2D eigenvalue weighted by Crippen LogP contribution is 2.25. The Morgan fingerprint density at radius 3 is 2.50 bits per heavy atom. The lowest BCUT2D eigenvalue weighted by atomic mass is 10.1. The number of rotatable bonds is 8. The van der Waals surface area contributed by atoms with E-state index in [2.05, 4.69) is 15.4 Å². The number of benzene rings is 2. The largest absolute Gasteiger partial charge is 0.444 e. The van der Waals surface area contributed by atoms with Crippen molar-refractivity contribution < 1.29 is 22.7 Å². The molecule has 2 aromatic carbocycles. The number of hydrogen-bond donors (Lipinski definition) is 2. The zero-order valence-electron chi connectivity index (χ0n) is 24.5. The molecule has 3 heterocycles. The Morgan fingerprint density at radius 1 is 1.05 bits per heavy atom. The fourth-order valence-corrected chi connectivity index (χ4v) is 6.33. The van der Waals surface area contributed by atoms with Crippen LogP contribution in [0.25, 0.3) is 22.2 Å². The van der Waals surface area contributed by atoms with Gasteiger partial charge >= 0.3 is 6.09 Å². The van der Waals surface area contributed by atoms with Crippen LogP contribution >= 0.6 is 11.6 Å². The zero-order valence-corrected chi connectivity index (χ0v) is 26.1. The lowest BCUT2D eigenvalue weighted by molar-refractivity contribution is -0.134.